The van der Waals surface area contributed by atoms with Gasteiger partial charge in [0.2, 0.25) is 5.91 Å². The molecule has 0 atom stereocenters. The first-order chi connectivity index (χ1) is 16.6. The normalized spacial score (nSPS) is 14.6. The number of rotatable bonds is 7. The van der Waals surface area contributed by atoms with E-state index in [0.29, 0.717) is 31.1 Å². The molecule has 8 nitrogen and oxygen atoms in total. The van der Waals surface area contributed by atoms with Crippen molar-refractivity contribution in [3.05, 3.63) is 82.9 Å². The molecule has 2 aromatic heterocycles. The average molecular weight is 461 g/mol. The largest absolute Gasteiger partial charge is 0.497 e. The molecule has 0 radical (unpaired) electrons. The zero-order valence-corrected chi connectivity index (χ0v) is 19.2. The van der Waals surface area contributed by atoms with Crippen molar-refractivity contribution < 1.29 is 13.9 Å². The number of para-hydroxylation sites is 2. The van der Waals surface area contributed by atoms with Crippen LogP contribution in [0, 0.1) is 0 Å². The summed E-state index contributed by atoms with van der Waals surface area (Å²) in [6, 6.07) is 15.4. The summed E-state index contributed by atoms with van der Waals surface area (Å²) in [5, 5.41) is 0. The SMILES string of the molecule is COc1ccc(Cn2ccnc2C2CCN(C(=O)CCn3c(=O)oc4ccccc43)CC2)cc1. The summed E-state index contributed by atoms with van der Waals surface area (Å²) in [6.45, 7) is 2.46. The quantitative estimate of drug-likeness (QED) is 0.421. The molecular weight excluding hydrogens is 432 g/mol. The van der Waals surface area contributed by atoms with E-state index in [1.165, 1.54) is 10.1 Å². The van der Waals surface area contributed by atoms with E-state index in [-0.39, 0.29) is 12.3 Å². The monoisotopic (exact) mass is 460 g/mol. The number of oxazole rings is 1. The lowest BCUT2D eigenvalue weighted by molar-refractivity contribution is -0.132. The highest BCUT2D eigenvalue weighted by atomic mass is 16.5. The summed E-state index contributed by atoms with van der Waals surface area (Å²) in [7, 11) is 1.67. The van der Waals surface area contributed by atoms with Crippen LogP contribution in [0.4, 0.5) is 0 Å². The predicted octanol–water partition coefficient (Wildman–Crippen LogP) is 3.64. The maximum Gasteiger partial charge on any atom is 0.419 e. The van der Waals surface area contributed by atoms with Crippen LogP contribution >= 0.6 is 0 Å². The van der Waals surface area contributed by atoms with E-state index in [0.717, 1.165) is 36.5 Å². The average Bonchev–Trinajstić information content (AvgIpc) is 3.46. The number of benzene rings is 2. The number of piperidine rings is 1. The zero-order valence-electron chi connectivity index (χ0n) is 19.2. The molecule has 0 saturated carbocycles. The number of carbonyl (C=O) groups excluding carboxylic acids is 1. The van der Waals surface area contributed by atoms with Crippen molar-refractivity contribution in [2.45, 2.75) is 38.3 Å². The van der Waals surface area contributed by atoms with Crippen molar-refractivity contribution in [3.63, 3.8) is 0 Å². The van der Waals surface area contributed by atoms with Crippen LogP contribution in [0.15, 0.2) is 70.1 Å². The number of hydrogen-bond acceptors (Lipinski definition) is 5. The third-order valence-electron chi connectivity index (χ3n) is 6.60. The van der Waals surface area contributed by atoms with Crippen molar-refractivity contribution >= 4 is 17.0 Å². The molecule has 4 aromatic rings. The van der Waals surface area contributed by atoms with Crippen LogP contribution < -0.4 is 10.5 Å². The fourth-order valence-corrected chi connectivity index (χ4v) is 4.72. The minimum Gasteiger partial charge on any atom is -0.497 e. The molecule has 0 N–H and O–H groups in total. The minimum atomic E-state index is -0.420. The van der Waals surface area contributed by atoms with Crippen molar-refractivity contribution in [1.82, 2.24) is 19.0 Å². The van der Waals surface area contributed by atoms with Gasteiger partial charge in [-0.05, 0) is 42.7 Å². The van der Waals surface area contributed by atoms with Crippen molar-refractivity contribution in [3.8, 4) is 5.75 Å². The summed E-state index contributed by atoms with van der Waals surface area (Å²) < 4.78 is 14.2. The number of carbonyl (C=O) groups is 1. The molecule has 1 aliphatic heterocycles. The summed E-state index contributed by atoms with van der Waals surface area (Å²) in [6.07, 6.45) is 5.90. The van der Waals surface area contributed by atoms with E-state index in [1.807, 2.05) is 47.6 Å². The van der Waals surface area contributed by atoms with Crippen LogP contribution in [0.2, 0.25) is 0 Å². The molecule has 0 unspecified atom stereocenters. The summed E-state index contributed by atoms with van der Waals surface area (Å²) >= 11 is 0. The van der Waals surface area contributed by atoms with E-state index in [4.69, 9.17) is 9.15 Å². The van der Waals surface area contributed by atoms with E-state index < -0.39 is 5.76 Å². The Labute approximate surface area is 197 Å². The molecule has 34 heavy (non-hydrogen) atoms. The van der Waals surface area contributed by atoms with Gasteiger partial charge >= 0.3 is 5.76 Å². The van der Waals surface area contributed by atoms with Gasteiger partial charge in [0, 0.05) is 50.9 Å². The van der Waals surface area contributed by atoms with Gasteiger partial charge in [-0.25, -0.2) is 9.78 Å². The summed E-state index contributed by atoms with van der Waals surface area (Å²) in [5.41, 5.74) is 2.46. The Kier molecular flexibility index (Phi) is 6.20. The molecule has 1 saturated heterocycles. The van der Waals surface area contributed by atoms with Gasteiger partial charge in [0.1, 0.15) is 11.6 Å². The van der Waals surface area contributed by atoms with Crippen LogP contribution in [0.3, 0.4) is 0 Å². The second-order valence-electron chi connectivity index (χ2n) is 8.65. The Morgan fingerprint density at radius 3 is 2.65 bits per heavy atom. The smallest absolute Gasteiger partial charge is 0.419 e. The van der Waals surface area contributed by atoms with Gasteiger partial charge in [0.25, 0.3) is 0 Å². The first-order valence-electron chi connectivity index (χ1n) is 11.6. The summed E-state index contributed by atoms with van der Waals surface area (Å²) in [5.74, 6) is 1.88. The van der Waals surface area contributed by atoms with Gasteiger partial charge in [-0.1, -0.05) is 24.3 Å². The number of amides is 1. The number of nitrogens with zero attached hydrogens (tertiary/aromatic N) is 4. The standard InChI is InChI=1S/C26H28N4O4/c1-33-21-8-6-19(7-9-21)18-29-17-13-27-25(29)20-10-14-28(15-11-20)24(31)12-16-30-22-4-2-3-5-23(22)34-26(30)32/h2-9,13,17,20H,10-12,14-16,18H2,1H3. The molecule has 1 aliphatic rings. The van der Waals surface area contributed by atoms with Crippen LogP contribution in [0.25, 0.3) is 11.1 Å². The Bertz CT molecular complexity index is 1330. The minimum absolute atomic E-state index is 0.0669. The maximum atomic E-state index is 12.8. The molecule has 0 aliphatic carbocycles. The Morgan fingerprint density at radius 1 is 1.12 bits per heavy atom. The highest BCUT2D eigenvalue weighted by Crippen LogP contribution is 2.28. The molecule has 2 aromatic carbocycles. The molecule has 3 heterocycles. The number of methoxy groups -OCH3 is 1. The fourth-order valence-electron chi connectivity index (χ4n) is 4.72. The molecule has 0 bridgehead atoms. The number of aromatic nitrogens is 3. The lowest BCUT2D eigenvalue weighted by Gasteiger charge is -2.32. The van der Waals surface area contributed by atoms with E-state index in [1.54, 1.807) is 13.2 Å². The first-order valence-corrected chi connectivity index (χ1v) is 11.6. The molecule has 1 fully saturated rings. The van der Waals surface area contributed by atoms with Gasteiger partial charge in [0.15, 0.2) is 5.58 Å². The van der Waals surface area contributed by atoms with E-state index >= 15 is 0 Å². The molecule has 1 amide bonds. The van der Waals surface area contributed by atoms with Crippen LogP contribution in [-0.4, -0.2) is 45.1 Å². The lowest BCUT2D eigenvalue weighted by atomic mass is 9.95. The molecule has 8 heteroatoms. The number of hydrogen-bond donors (Lipinski definition) is 0. The van der Waals surface area contributed by atoms with E-state index in [9.17, 15) is 9.59 Å². The highest BCUT2D eigenvalue weighted by molar-refractivity contribution is 5.77. The van der Waals surface area contributed by atoms with Gasteiger partial charge in [0.05, 0.1) is 12.6 Å². The topological polar surface area (TPSA) is 82.5 Å². The number of ether oxygens (including phenoxy) is 1. The third-order valence-corrected chi connectivity index (χ3v) is 6.60. The predicted molar refractivity (Wildman–Crippen MR) is 128 cm³/mol. The Balaban J connectivity index is 1.17. The van der Waals surface area contributed by atoms with Crippen molar-refractivity contribution in [1.29, 1.82) is 0 Å². The van der Waals surface area contributed by atoms with Gasteiger partial charge in [-0.15, -0.1) is 0 Å². The second-order valence-corrected chi connectivity index (χ2v) is 8.65. The van der Waals surface area contributed by atoms with Gasteiger partial charge in [-0.3, -0.25) is 9.36 Å². The Morgan fingerprint density at radius 2 is 1.88 bits per heavy atom. The summed E-state index contributed by atoms with van der Waals surface area (Å²) in [4.78, 5) is 31.5. The fraction of sp³-hybridized carbons (Fsp3) is 0.346. The number of imidazole rings is 1. The molecule has 5 rings (SSSR count). The number of fused-ring (bicyclic) bond motifs is 1. The van der Waals surface area contributed by atoms with E-state index in [2.05, 4.69) is 21.7 Å². The van der Waals surface area contributed by atoms with Crippen LogP contribution in [0.5, 0.6) is 5.75 Å². The molecule has 176 valence electrons. The lowest BCUT2D eigenvalue weighted by Crippen LogP contribution is -2.39. The zero-order chi connectivity index (χ0) is 23.5. The Hall–Kier alpha value is -3.81. The second kappa shape index (κ2) is 9.59. The number of aryl methyl sites for hydroxylation is 1. The van der Waals surface area contributed by atoms with Crippen molar-refractivity contribution in [2.24, 2.45) is 0 Å². The molecule has 0 spiro atoms. The highest BCUT2D eigenvalue weighted by Gasteiger charge is 2.26. The van der Waals surface area contributed by atoms with Gasteiger partial charge < -0.3 is 18.6 Å². The first kappa shape index (κ1) is 22.0. The maximum absolute atomic E-state index is 12.8. The van der Waals surface area contributed by atoms with Crippen LogP contribution in [0.1, 0.15) is 36.6 Å². The van der Waals surface area contributed by atoms with Crippen LogP contribution in [-0.2, 0) is 17.9 Å². The van der Waals surface area contributed by atoms with Gasteiger partial charge in [-0.2, -0.15) is 0 Å². The number of likely N-dealkylation sites (tertiary alicyclic amines) is 1. The third kappa shape index (κ3) is 4.48. The molecular formula is C26H28N4O4. The van der Waals surface area contributed by atoms with Crippen molar-refractivity contribution in [2.75, 3.05) is 20.2 Å².